The normalized spacial score (nSPS) is 10.5. The van der Waals surface area contributed by atoms with Crippen molar-refractivity contribution in [3.05, 3.63) is 66.2 Å². The molecular formula is C23H27N3O4. The molecule has 0 spiro atoms. The molecule has 0 bridgehead atoms. The number of imidazole rings is 1. The number of amides is 1. The van der Waals surface area contributed by atoms with Gasteiger partial charge in [-0.2, -0.15) is 0 Å². The maximum absolute atomic E-state index is 12.9. The molecular weight excluding hydrogens is 382 g/mol. The van der Waals surface area contributed by atoms with Crippen LogP contribution in [0.5, 0.6) is 17.2 Å². The van der Waals surface area contributed by atoms with Crippen LogP contribution in [0.3, 0.4) is 0 Å². The number of ether oxygens (including phenoxy) is 3. The van der Waals surface area contributed by atoms with Gasteiger partial charge in [-0.1, -0.05) is 12.1 Å². The fourth-order valence-electron chi connectivity index (χ4n) is 3.06. The van der Waals surface area contributed by atoms with Gasteiger partial charge >= 0.3 is 0 Å². The van der Waals surface area contributed by atoms with Crippen molar-refractivity contribution in [2.45, 2.75) is 27.3 Å². The van der Waals surface area contributed by atoms with Crippen molar-refractivity contribution in [3.8, 4) is 17.2 Å². The van der Waals surface area contributed by atoms with Crippen LogP contribution in [0.25, 0.3) is 0 Å². The second-order valence-electron chi connectivity index (χ2n) is 6.49. The van der Waals surface area contributed by atoms with Gasteiger partial charge in [0.25, 0.3) is 5.91 Å². The Labute approximate surface area is 176 Å². The Morgan fingerprint density at radius 2 is 1.70 bits per heavy atom. The number of rotatable bonds is 10. The SMILES string of the molecule is CCOc1cc(C(=O)Nc2cccc(Cn3ccnc3)c2)cc(OCC)c1OCC. The summed E-state index contributed by atoms with van der Waals surface area (Å²) in [6, 6.07) is 11.1. The molecule has 0 unspecified atom stereocenters. The predicted octanol–water partition coefficient (Wildman–Crippen LogP) is 4.38. The number of hydrogen-bond donors (Lipinski definition) is 1. The molecule has 0 saturated heterocycles. The van der Waals surface area contributed by atoms with Crippen molar-refractivity contribution in [2.24, 2.45) is 0 Å². The minimum absolute atomic E-state index is 0.250. The van der Waals surface area contributed by atoms with E-state index in [0.717, 1.165) is 5.56 Å². The zero-order valence-corrected chi connectivity index (χ0v) is 17.6. The first-order chi connectivity index (χ1) is 14.6. The quantitative estimate of drug-likeness (QED) is 0.538. The Hall–Kier alpha value is -3.48. The average molecular weight is 409 g/mol. The number of hydrogen-bond acceptors (Lipinski definition) is 5. The first-order valence-corrected chi connectivity index (χ1v) is 10.1. The molecule has 0 fully saturated rings. The summed E-state index contributed by atoms with van der Waals surface area (Å²) in [5.74, 6) is 1.24. The Balaban J connectivity index is 1.83. The highest BCUT2D eigenvalue weighted by Crippen LogP contribution is 2.39. The second-order valence-corrected chi connectivity index (χ2v) is 6.49. The van der Waals surface area contributed by atoms with Crippen LogP contribution >= 0.6 is 0 Å². The van der Waals surface area contributed by atoms with E-state index in [9.17, 15) is 4.79 Å². The molecule has 0 saturated carbocycles. The summed E-state index contributed by atoms with van der Waals surface area (Å²) in [6.07, 6.45) is 5.40. The highest BCUT2D eigenvalue weighted by atomic mass is 16.5. The third-order valence-electron chi connectivity index (χ3n) is 4.28. The summed E-state index contributed by atoms with van der Waals surface area (Å²) in [5, 5.41) is 2.95. The van der Waals surface area contributed by atoms with Gasteiger partial charge in [0, 0.05) is 30.2 Å². The molecule has 0 aliphatic heterocycles. The first kappa shape index (κ1) is 21.2. The van der Waals surface area contributed by atoms with E-state index < -0.39 is 0 Å². The van der Waals surface area contributed by atoms with E-state index in [0.29, 0.717) is 54.9 Å². The van der Waals surface area contributed by atoms with Gasteiger partial charge in [0.2, 0.25) is 5.75 Å². The molecule has 1 amide bonds. The Morgan fingerprint density at radius 3 is 2.30 bits per heavy atom. The molecule has 0 radical (unpaired) electrons. The summed E-state index contributed by atoms with van der Waals surface area (Å²) in [5.41, 5.74) is 2.20. The van der Waals surface area contributed by atoms with E-state index in [4.69, 9.17) is 14.2 Å². The van der Waals surface area contributed by atoms with Crippen molar-refractivity contribution in [3.63, 3.8) is 0 Å². The van der Waals surface area contributed by atoms with Crippen molar-refractivity contribution in [1.29, 1.82) is 0 Å². The Morgan fingerprint density at radius 1 is 1.00 bits per heavy atom. The molecule has 7 heteroatoms. The lowest BCUT2D eigenvalue weighted by Crippen LogP contribution is -2.13. The van der Waals surface area contributed by atoms with Gasteiger partial charge in [-0.05, 0) is 50.6 Å². The molecule has 3 rings (SSSR count). The number of nitrogens with one attached hydrogen (secondary N) is 1. The van der Waals surface area contributed by atoms with Crippen LogP contribution < -0.4 is 19.5 Å². The molecule has 2 aromatic carbocycles. The van der Waals surface area contributed by atoms with Gasteiger partial charge in [-0.15, -0.1) is 0 Å². The number of carbonyl (C=O) groups excluding carboxylic acids is 1. The lowest BCUT2D eigenvalue weighted by atomic mass is 10.1. The minimum atomic E-state index is -0.250. The van der Waals surface area contributed by atoms with Crippen LogP contribution in [-0.2, 0) is 6.54 Å². The van der Waals surface area contributed by atoms with Gasteiger partial charge in [0.1, 0.15) is 0 Å². The summed E-state index contributed by atoms with van der Waals surface area (Å²) in [7, 11) is 0. The van der Waals surface area contributed by atoms with Crippen LogP contribution in [-0.4, -0.2) is 35.3 Å². The highest BCUT2D eigenvalue weighted by molar-refractivity contribution is 6.05. The van der Waals surface area contributed by atoms with Gasteiger partial charge in [-0.25, -0.2) is 4.98 Å². The third-order valence-corrected chi connectivity index (χ3v) is 4.28. The lowest BCUT2D eigenvalue weighted by molar-refractivity contribution is 0.102. The molecule has 0 aliphatic rings. The summed E-state index contributed by atoms with van der Waals surface area (Å²) in [4.78, 5) is 17.0. The minimum Gasteiger partial charge on any atom is -0.490 e. The monoisotopic (exact) mass is 409 g/mol. The molecule has 30 heavy (non-hydrogen) atoms. The number of benzene rings is 2. The Bertz CT molecular complexity index is 943. The lowest BCUT2D eigenvalue weighted by Gasteiger charge is -2.17. The Kier molecular flexibility index (Phi) is 7.32. The molecule has 0 aliphatic carbocycles. The number of anilines is 1. The zero-order chi connectivity index (χ0) is 21.3. The average Bonchev–Trinajstić information content (AvgIpc) is 3.24. The maximum atomic E-state index is 12.9. The highest BCUT2D eigenvalue weighted by Gasteiger charge is 2.18. The van der Waals surface area contributed by atoms with Gasteiger partial charge in [-0.3, -0.25) is 4.79 Å². The molecule has 0 atom stereocenters. The fraction of sp³-hybridized carbons (Fsp3) is 0.304. The van der Waals surface area contributed by atoms with E-state index >= 15 is 0 Å². The molecule has 158 valence electrons. The van der Waals surface area contributed by atoms with Crippen LogP contribution in [0.4, 0.5) is 5.69 Å². The molecule has 1 heterocycles. The number of carbonyl (C=O) groups is 1. The van der Waals surface area contributed by atoms with Crippen molar-refractivity contribution >= 4 is 11.6 Å². The molecule has 7 nitrogen and oxygen atoms in total. The predicted molar refractivity (Wildman–Crippen MR) is 116 cm³/mol. The number of aromatic nitrogens is 2. The summed E-state index contributed by atoms with van der Waals surface area (Å²) in [6.45, 7) is 7.71. The second kappa shape index (κ2) is 10.3. The molecule has 3 aromatic rings. The van der Waals surface area contributed by atoms with Crippen LogP contribution in [0.1, 0.15) is 36.7 Å². The summed E-state index contributed by atoms with van der Waals surface area (Å²) >= 11 is 0. The van der Waals surface area contributed by atoms with Gasteiger partial charge in [0.15, 0.2) is 11.5 Å². The van der Waals surface area contributed by atoms with E-state index in [-0.39, 0.29) is 5.91 Å². The maximum Gasteiger partial charge on any atom is 0.255 e. The number of nitrogens with zero attached hydrogens (tertiary/aromatic N) is 2. The zero-order valence-electron chi connectivity index (χ0n) is 17.6. The third kappa shape index (κ3) is 5.31. The van der Waals surface area contributed by atoms with E-state index in [1.165, 1.54) is 0 Å². The van der Waals surface area contributed by atoms with Gasteiger partial charge in [0.05, 0.1) is 26.1 Å². The van der Waals surface area contributed by atoms with Crippen molar-refractivity contribution < 1.29 is 19.0 Å². The van der Waals surface area contributed by atoms with Crippen molar-refractivity contribution in [2.75, 3.05) is 25.1 Å². The first-order valence-electron chi connectivity index (χ1n) is 10.1. The van der Waals surface area contributed by atoms with Crippen molar-refractivity contribution in [1.82, 2.24) is 9.55 Å². The van der Waals surface area contributed by atoms with E-state index in [1.807, 2.05) is 55.8 Å². The van der Waals surface area contributed by atoms with Crippen LogP contribution in [0.2, 0.25) is 0 Å². The smallest absolute Gasteiger partial charge is 0.255 e. The molecule has 1 aromatic heterocycles. The summed E-state index contributed by atoms with van der Waals surface area (Å²) < 4.78 is 19.1. The standard InChI is InChI=1S/C23H27N3O4/c1-4-28-20-13-18(14-21(29-5-2)22(20)30-6-3)23(27)25-19-9-7-8-17(12-19)15-26-11-10-24-16-26/h7-14,16H,4-6,15H2,1-3H3,(H,25,27). The van der Waals surface area contributed by atoms with Crippen LogP contribution in [0.15, 0.2) is 55.1 Å². The van der Waals surface area contributed by atoms with Crippen LogP contribution in [0, 0.1) is 0 Å². The van der Waals surface area contributed by atoms with E-state index in [2.05, 4.69) is 10.3 Å². The van der Waals surface area contributed by atoms with E-state index in [1.54, 1.807) is 24.7 Å². The molecule has 1 N–H and O–H groups in total. The largest absolute Gasteiger partial charge is 0.490 e. The topological polar surface area (TPSA) is 74.6 Å². The van der Waals surface area contributed by atoms with Gasteiger partial charge < -0.3 is 24.1 Å². The fourth-order valence-corrected chi connectivity index (χ4v) is 3.06.